The van der Waals surface area contributed by atoms with E-state index in [0.29, 0.717) is 5.41 Å². The van der Waals surface area contributed by atoms with Gasteiger partial charge in [-0.1, -0.05) is 36.4 Å². The predicted molar refractivity (Wildman–Crippen MR) is 103 cm³/mol. The Hall–Kier alpha value is -1.87. The van der Waals surface area contributed by atoms with Gasteiger partial charge in [0, 0.05) is 38.5 Å². The summed E-state index contributed by atoms with van der Waals surface area (Å²) >= 11 is 0. The van der Waals surface area contributed by atoms with Crippen molar-refractivity contribution in [1.29, 1.82) is 0 Å². The van der Waals surface area contributed by atoms with Crippen LogP contribution in [-0.4, -0.2) is 41.9 Å². The van der Waals surface area contributed by atoms with Gasteiger partial charge in [0.15, 0.2) is 0 Å². The van der Waals surface area contributed by atoms with Crippen LogP contribution in [0.1, 0.15) is 37.3 Å². The van der Waals surface area contributed by atoms with E-state index in [2.05, 4.69) is 53.1 Å². The molecule has 2 aromatic rings. The first kappa shape index (κ1) is 16.6. The highest BCUT2D eigenvalue weighted by Crippen LogP contribution is 2.40. The second-order valence-corrected chi connectivity index (χ2v) is 8.09. The number of carbonyl (C=O) groups excluding carboxylic acids is 1. The maximum Gasteiger partial charge on any atom is 0.219 e. The van der Waals surface area contributed by atoms with Crippen molar-refractivity contribution in [2.45, 2.75) is 39.7 Å². The Morgan fingerprint density at radius 3 is 2.76 bits per heavy atom. The number of carbonyl (C=O) groups is 1. The third-order valence-corrected chi connectivity index (χ3v) is 6.28. The molecule has 2 aliphatic rings. The fourth-order valence-corrected chi connectivity index (χ4v) is 4.85. The van der Waals surface area contributed by atoms with Crippen molar-refractivity contribution >= 4 is 16.7 Å². The average Bonchev–Trinajstić information content (AvgIpc) is 2.99. The minimum absolute atomic E-state index is 0.238. The van der Waals surface area contributed by atoms with Gasteiger partial charge in [-0.3, -0.25) is 9.69 Å². The molecule has 2 aliphatic heterocycles. The molecule has 1 atom stereocenters. The van der Waals surface area contributed by atoms with E-state index in [1.54, 1.807) is 6.92 Å². The number of fused-ring (bicyclic) bond motifs is 1. The molecule has 2 aromatic carbocycles. The zero-order valence-corrected chi connectivity index (χ0v) is 15.4. The number of hydrogen-bond donors (Lipinski definition) is 0. The lowest BCUT2D eigenvalue weighted by atomic mass is 9.79. The van der Waals surface area contributed by atoms with E-state index >= 15 is 0 Å². The fraction of sp³-hybridized carbons (Fsp3) is 0.500. The first-order valence-corrected chi connectivity index (χ1v) is 9.51. The number of piperidine rings is 1. The molecular formula is C22H28N2O. The van der Waals surface area contributed by atoms with Gasteiger partial charge in [-0.2, -0.15) is 0 Å². The largest absolute Gasteiger partial charge is 0.342 e. The molecule has 0 N–H and O–H groups in total. The highest BCUT2D eigenvalue weighted by molar-refractivity contribution is 5.86. The summed E-state index contributed by atoms with van der Waals surface area (Å²) < 4.78 is 0. The molecule has 1 unspecified atom stereocenters. The molecule has 2 fully saturated rings. The van der Waals surface area contributed by atoms with Crippen LogP contribution in [0.3, 0.4) is 0 Å². The molecule has 2 saturated heterocycles. The quantitative estimate of drug-likeness (QED) is 0.828. The maximum atomic E-state index is 11.8. The summed E-state index contributed by atoms with van der Waals surface area (Å²) in [5, 5.41) is 2.72. The lowest BCUT2D eigenvalue weighted by molar-refractivity contribution is -0.132. The van der Waals surface area contributed by atoms with Gasteiger partial charge in [0.2, 0.25) is 5.91 Å². The topological polar surface area (TPSA) is 23.6 Å². The summed E-state index contributed by atoms with van der Waals surface area (Å²) in [6.45, 7) is 9.13. The van der Waals surface area contributed by atoms with E-state index in [1.165, 1.54) is 34.7 Å². The maximum absolute atomic E-state index is 11.8. The minimum atomic E-state index is 0.238. The molecule has 0 aliphatic carbocycles. The van der Waals surface area contributed by atoms with Gasteiger partial charge in [0.05, 0.1) is 0 Å². The molecule has 0 bridgehead atoms. The van der Waals surface area contributed by atoms with Crippen LogP contribution in [0.4, 0.5) is 0 Å². The van der Waals surface area contributed by atoms with Crippen LogP contribution in [0.2, 0.25) is 0 Å². The highest BCUT2D eigenvalue weighted by Gasteiger charge is 2.41. The number of amides is 1. The summed E-state index contributed by atoms with van der Waals surface area (Å²) in [7, 11) is 0. The molecule has 0 saturated carbocycles. The highest BCUT2D eigenvalue weighted by atomic mass is 16.2. The van der Waals surface area contributed by atoms with Crippen LogP contribution in [0, 0.1) is 12.3 Å². The summed E-state index contributed by atoms with van der Waals surface area (Å²) in [6.07, 6.45) is 3.64. The van der Waals surface area contributed by atoms with E-state index in [0.717, 1.165) is 39.1 Å². The van der Waals surface area contributed by atoms with Gasteiger partial charge in [-0.15, -0.1) is 0 Å². The molecule has 25 heavy (non-hydrogen) atoms. The van der Waals surface area contributed by atoms with E-state index in [1.807, 2.05) is 0 Å². The van der Waals surface area contributed by atoms with Crippen LogP contribution in [0.25, 0.3) is 10.8 Å². The SMILES string of the molecule is CC(=O)N1CCCC2(CCN(Cc3c(C)ccc4ccccc34)C2)C1. The van der Waals surface area contributed by atoms with Gasteiger partial charge in [0.1, 0.15) is 0 Å². The first-order valence-electron chi connectivity index (χ1n) is 9.51. The van der Waals surface area contributed by atoms with Crippen molar-refractivity contribution in [2.75, 3.05) is 26.2 Å². The van der Waals surface area contributed by atoms with Crippen molar-refractivity contribution in [3.8, 4) is 0 Å². The summed E-state index contributed by atoms with van der Waals surface area (Å²) in [6, 6.07) is 13.2. The van der Waals surface area contributed by atoms with E-state index < -0.39 is 0 Å². The molecule has 132 valence electrons. The number of rotatable bonds is 2. The Balaban J connectivity index is 1.54. The molecule has 0 aromatic heterocycles. The molecular weight excluding hydrogens is 308 g/mol. The molecule has 3 heteroatoms. The van der Waals surface area contributed by atoms with Gasteiger partial charge in [-0.05, 0) is 54.6 Å². The smallest absolute Gasteiger partial charge is 0.219 e. The zero-order chi connectivity index (χ0) is 17.4. The molecule has 1 amide bonds. The van der Waals surface area contributed by atoms with Crippen LogP contribution < -0.4 is 0 Å². The third kappa shape index (κ3) is 3.18. The number of aryl methyl sites for hydroxylation is 1. The van der Waals surface area contributed by atoms with Gasteiger partial charge >= 0.3 is 0 Å². The number of benzene rings is 2. The van der Waals surface area contributed by atoms with Crippen LogP contribution >= 0.6 is 0 Å². The Kier molecular flexibility index (Phi) is 4.28. The lowest BCUT2D eigenvalue weighted by Gasteiger charge is -2.40. The number of nitrogens with zero attached hydrogens (tertiary/aromatic N) is 2. The second-order valence-electron chi connectivity index (χ2n) is 8.09. The predicted octanol–water partition coefficient (Wildman–Crippen LogP) is 3.98. The molecule has 1 spiro atoms. The Labute approximate surface area is 150 Å². The molecule has 3 nitrogen and oxygen atoms in total. The van der Waals surface area contributed by atoms with Crippen molar-refractivity contribution in [3.63, 3.8) is 0 Å². The summed E-state index contributed by atoms with van der Waals surface area (Å²) in [5.74, 6) is 0.238. The monoisotopic (exact) mass is 336 g/mol. The van der Waals surface area contributed by atoms with Crippen LogP contribution in [0.15, 0.2) is 36.4 Å². The van der Waals surface area contributed by atoms with Gasteiger partial charge < -0.3 is 4.90 Å². The van der Waals surface area contributed by atoms with E-state index in [4.69, 9.17) is 0 Å². The Bertz CT molecular complexity index is 800. The van der Waals surface area contributed by atoms with Crippen molar-refractivity contribution in [2.24, 2.45) is 5.41 Å². The molecule has 0 radical (unpaired) electrons. The number of hydrogen-bond acceptors (Lipinski definition) is 2. The van der Waals surface area contributed by atoms with Crippen LogP contribution in [-0.2, 0) is 11.3 Å². The number of likely N-dealkylation sites (tertiary alicyclic amines) is 2. The van der Waals surface area contributed by atoms with E-state index in [9.17, 15) is 4.79 Å². The summed E-state index contributed by atoms with van der Waals surface area (Å²) in [4.78, 5) is 16.5. The van der Waals surface area contributed by atoms with Crippen molar-refractivity contribution in [3.05, 3.63) is 47.5 Å². The fourth-order valence-electron chi connectivity index (χ4n) is 4.85. The lowest BCUT2D eigenvalue weighted by Crippen LogP contribution is -2.46. The normalized spacial score (nSPS) is 24.3. The standard InChI is InChI=1S/C22H28N2O/c1-17-8-9-19-6-3-4-7-20(19)21(17)14-23-13-11-22(15-23)10-5-12-24(16-22)18(2)25/h3-4,6-9H,5,10-16H2,1-2H3. The second kappa shape index (κ2) is 6.45. The molecule has 2 heterocycles. The Morgan fingerprint density at radius 1 is 1.08 bits per heavy atom. The average molecular weight is 336 g/mol. The van der Waals surface area contributed by atoms with Gasteiger partial charge in [0.25, 0.3) is 0 Å². The minimum Gasteiger partial charge on any atom is -0.342 e. The third-order valence-electron chi connectivity index (χ3n) is 6.28. The van der Waals surface area contributed by atoms with E-state index in [-0.39, 0.29) is 5.91 Å². The molecule has 4 rings (SSSR count). The Morgan fingerprint density at radius 2 is 1.92 bits per heavy atom. The first-order chi connectivity index (χ1) is 12.1. The van der Waals surface area contributed by atoms with Crippen molar-refractivity contribution in [1.82, 2.24) is 9.80 Å². The van der Waals surface area contributed by atoms with Crippen LogP contribution in [0.5, 0.6) is 0 Å². The zero-order valence-electron chi connectivity index (χ0n) is 15.4. The van der Waals surface area contributed by atoms with Gasteiger partial charge in [-0.25, -0.2) is 0 Å². The summed E-state index contributed by atoms with van der Waals surface area (Å²) in [5.41, 5.74) is 3.17. The van der Waals surface area contributed by atoms with Crippen molar-refractivity contribution < 1.29 is 4.79 Å².